The third kappa shape index (κ3) is 3.77. The Morgan fingerprint density at radius 2 is 2.00 bits per heavy atom. The molecule has 2 aliphatic rings. The minimum absolute atomic E-state index is 0.374. The summed E-state index contributed by atoms with van der Waals surface area (Å²) in [7, 11) is 1.31. The van der Waals surface area contributed by atoms with Gasteiger partial charge in [0.2, 0.25) is 5.91 Å². The van der Waals surface area contributed by atoms with Crippen molar-refractivity contribution >= 4 is 40.2 Å². The molecule has 4 rings (SSSR count). The number of fused-ring (bicyclic) bond motifs is 1. The second kappa shape index (κ2) is 8.38. The van der Waals surface area contributed by atoms with Gasteiger partial charge in [-0.2, -0.15) is 0 Å². The van der Waals surface area contributed by atoms with E-state index in [1.165, 1.54) is 18.4 Å². The van der Waals surface area contributed by atoms with E-state index in [0.29, 0.717) is 22.0 Å². The van der Waals surface area contributed by atoms with Gasteiger partial charge in [-0.05, 0) is 43.2 Å². The lowest BCUT2D eigenvalue weighted by Crippen LogP contribution is -2.42. The molecular weight excluding hydrogens is 430 g/mol. The Bertz CT molecular complexity index is 1100. The average Bonchev–Trinajstić information content (AvgIpc) is 3.23. The Morgan fingerprint density at radius 1 is 1.28 bits per heavy atom. The van der Waals surface area contributed by atoms with Gasteiger partial charge in [-0.3, -0.25) is 14.5 Å². The number of ether oxygens (including phenoxy) is 1. The van der Waals surface area contributed by atoms with E-state index >= 15 is 0 Å². The van der Waals surface area contributed by atoms with Gasteiger partial charge in [-0.15, -0.1) is 11.3 Å². The summed E-state index contributed by atoms with van der Waals surface area (Å²) >= 11 is 1.36. The molecule has 1 fully saturated rings. The molecule has 8 nitrogen and oxygen atoms in total. The van der Waals surface area contributed by atoms with E-state index in [1.54, 1.807) is 31.2 Å². The Labute approximate surface area is 189 Å². The molecular formula is C23H25N3O5S. The van der Waals surface area contributed by atoms with E-state index in [1.807, 2.05) is 6.07 Å². The predicted octanol–water partition coefficient (Wildman–Crippen LogP) is 3.07. The molecule has 9 heteroatoms. The summed E-state index contributed by atoms with van der Waals surface area (Å²) in [5.74, 6) is -1.06. The van der Waals surface area contributed by atoms with Crippen molar-refractivity contribution in [3.8, 4) is 0 Å². The van der Waals surface area contributed by atoms with Crippen LogP contribution in [0.5, 0.6) is 0 Å². The Hall–Kier alpha value is -3.20. The SMILES string of the molecule is COC(=O)c1c(NC(=O)CN2C(=O)NC(C)(c3ccccc3)C2=O)sc2c1CCC(C)C2. The smallest absolute Gasteiger partial charge is 0.341 e. The van der Waals surface area contributed by atoms with Gasteiger partial charge in [0.1, 0.15) is 17.1 Å². The van der Waals surface area contributed by atoms with Gasteiger partial charge in [-0.1, -0.05) is 37.3 Å². The number of anilines is 1. The lowest BCUT2D eigenvalue weighted by atomic mass is 9.88. The van der Waals surface area contributed by atoms with E-state index in [9.17, 15) is 19.2 Å². The summed E-state index contributed by atoms with van der Waals surface area (Å²) in [6.45, 7) is 3.32. The zero-order chi connectivity index (χ0) is 23.0. The molecule has 1 aromatic carbocycles. The van der Waals surface area contributed by atoms with Crippen molar-refractivity contribution in [1.82, 2.24) is 10.2 Å². The second-order valence-corrected chi connectivity index (χ2v) is 9.51. The van der Waals surface area contributed by atoms with Crippen LogP contribution in [0.3, 0.4) is 0 Å². The number of carbonyl (C=O) groups is 4. The lowest BCUT2D eigenvalue weighted by molar-refractivity contribution is -0.133. The highest BCUT2D eigenvalue weighted by molar-refractivity contribution is 7.17. The van der Waals surface area contributed by atoms with Crippen molar-refractivity contribution < 1.29 is 23.9 Å². The number of benzene rings is 1. The van der Waals surface area contributed by atoms with E-state index in [0.717, 1.165) is 34.6 Å². The Balaban J connectivity index is 1.54. The molecule has 1 saturated heterocycles. The average molecular weight is 456 g/mol. The highest BCUT2D eigenvalue weighted by atomic mass is 32.1. The molecule has 0 saturated carbocycles. The topological polar surface area (TPSA) is 105 Å². The van der Waals surface area contributed by atoms with Crippen LogP contribution < -0.4 is 10.6 Å². The number of nitrogens with zero attached hydrogens (tertiary/aromatic N) is 1. The fourth-order valence-electron chi connectivity index (χ4n) is 4.27. The molecule has 2 N–H and O–H groups in total. The first-order valence-electron chi connectivity index (χ1n) is 10.5. The number of nitrogens with one attached hydrogen (secondary N) is 2. The molecule has 2 unspecified atom stereocenters. The van der Waals surface area contributed by atoms with Gasteiger partial charge < -0.3 is 15.4 Å². The first-order chi connectivity index (χ1) is 15.2. The number of thiophene rings is 1. The largest absolute Gasteiger partial charge is 0.465 e. The number of rotatable bonds is 5. The number of urea groups is 1. The van der Waals surface area contributed by atoms with Crippen LogP contribution in [0.4, 0.5) is 9.80 Å². The number of esters is 1. The maximum atomic E-state index is 13.0. The van der Waals surface area contributed by atoms with Crippen molar-refractivity contribution in [1.29, 1.82) is 0 Å². The summed E-state index contributed by atoms with van der Waals surface area (Å²) in [5, 5.41) is 5.82. The lowest BCUT2D eigenvalue weighted by Gasteiger charge is -2.22. The molecule has 2 atom stereocenters. The number of hydrogen-bond donors (Lipinski definition) is 2. The summed E-state index contributed by atoms with van der Waals surface area (Å²) in [6.07, 6.45) is 2.54. The molecule has 0 radical (unpaired) electrons. The van der Waals surface area contributed by atoms with Crippen molar-refractivity contribution in [2.75, 3.05) is 19.0 Å². The van der Waals surface area contributed by atoms with Gasteiger partial charge in [0, 0.05) is 4.88 Å². The van der Waals surface area contributed by atoms with Gasteiger partial charge in [0.15, 0.2) is 0 Å². The molecule has 32 heavy (non-hydrogen) atoms. The third-order valence-corrected chi connectivity index (χ3v) is 7.25. The molecule has 4 amide bonds. The van der Waals surface area contributed by atoms with Crippen molar-refractivity contribution in [3.63, 3.8) is 0 Å². The monoisotopic (exact) mass is 455 g/mol. The highest BCUT2D eigenvalue weighted by Gasteiger charge is 2.49. The zero-order valence-electron chi connectivity index (χ0n) is 18.2. The number of imide groups is 1. The molecule has 2 aromatic rings. The van der Waals surface area contributed by atoms with E-state index in [-0.39, 0.29) is 0 Å². The second-order valence-electron chi connectivity index (χ2n) is 8.41. The van der Waals surface area contributed by atoms with E-state index in [4.69, 9.17) is 4.74 Å². The summed E-state index contributed by atoms with van der Waals surface area (Å²) in [4.78, 5) is 52.8. The molecule has 168 valence electrons. The molecule has 0 bridgehead atoms. The van der Waals surface area contributed by atoms with E-state index < -0.39 is 35.9 Å². The Morgan fingerprint density at radius 3 is 2.69 bits per heavy atom. The van der Waals surface area contributed by atoms with Gasteiger partial charge in [0.25, 0.3) is 5.91 Å². The number of amides is 4. The summed E-state index contributed by atoms with van der Waals surface area (Å²) < 4.78 is 4.94. The maximum Gasteiger partial charge on any atom is 0.341 e. The first kappa shape index (κ1) is 22.0. The first-order valence-corrected chi connectivity index (χ1v) is 11.3. The van der Waals surface area contributed by atoms with Crippen LogP contribution in [0.2, 0.25) is 0 Å². The van der Waals surface area contributed by atoms with Crippen LogP contribution in [0.25, 0.3) is 0 Å². The summed E-state index contributed by atoms with van der Waals surface area (Å²) in [5.41, 5.74) is 0.684. The normalized spacial score (nSPS) is 22.3. The molecule has 1 aliphatic carbocycles. The van der Waals surface area contributed by atoms with Gasteiger partial charge >= 0.3 is 12.0 Å². The summed E-state index contributed by atoms with van der Waals surface area (Å²) in [6, 6.07) is 8.25. The highest BCUT2D eigenvalue weighted by Crippen LogP contribution is 2.40. The maximum absolute atomic E-state index is 13.0. The third-order valence-electron chi connectivity index (χ3n) is 6.08. The van der Waals surface area contributed by atoms with Crippen LogP contribution in [0.15, 0.2) is 30.3 Å². The number of hydrogen-bond acceptors (Lipinski definition) is 6. The minimum atomic E-state index is -1.24. The van der Waals surface area contributed by atoms with Crippen LogP contribution >= 0.6 is 11.3 Å². The van der Waals surface area contributed by atoms with Crippen LogP contribution in [0.1, 0.15) is 46.6 Å². The fourth-order valence-corrected chi connectivity index (χ4v) is 5.69. The van der Waals surface area contributed by atoms with Gasteiger partial charge in [-0.25, -0.2) is 9.59 Å². The van der Waals surface area contributed by atoms with Crippen LogP contribution in [-0.2, 0) is 32.7 Å². The number of carbonyl (C=O) groups excluding carboxylic acids is 4. The van der Waals surface area contributed by atoms with Crippen molar-refractivity contribution in [3.05, 3.63) is 51.9 Å². The van der Waals surface area contributed by atoms with Crippen molar-refractivity contribution in [2.24, 2.45) is 5.92 Å². The molecule has 1 aromatic heterocycles. The molecule has 0 spiro atoms. The minimum Gasteiger partial charge on any atom is -0.465 e. The fraction of sp³-hybridized carbons (Fsp3) is 0.391. The Kier molecular flexibility index (Phi) is 5.77. The standard InChI is InChI=1S/C23H25N3O5S/c1-13-9-10-15-16(11-13)32-19(18(15)20(28)31-3)24-17(27)12-26-21(29)23(2,25-22(26)30)14-7-5-4-6-8-14/h4-8,13H,9-12H2,1-3H3,(H,24,27)(H,25,30). The predicted molar refractivity (Wildman–Crippen MR) is 120 cm³/mol. The zero-order valence-corrected chi connectivity index (χ0v) is 19.0. The number of methoxy groups -OCH3 is 1. The van der Waals surface area contributed by atoms with Gasteiger partial charge in [0.05, 0.1) is 12.7 Å². The molecule has 2 heterocycles. The molecule has 1 aliphatic heterocycles. The van der Waals surface area contributed by atoms with Crippen LogP contribution in [-0.4, -0.2) is 42.4 Å². The van der Waals surface area contributed by atoms with Crippen molar-refractivity contribution in [2.45, 2.75) is 38.6 Å². The van der Waals surface area contributed by atoms with Crippen LogP contribution in [0, 0.1) is 5.92 Å². The quantitative estimate of drug-likeness (QED) is 0.533. The van der Waals surface area contributed by atoms with E-state index in [2.05, 4.69) is 17.6 Å².